The van der Waals surface area contributed by atoms with Gasteiger partial charge in [0.05, 0.1) is 8.71 Å². The first-order chi connectivity index (χ1) is 9.79. The van der Waals surface area contributed by atoms with Crippen molar-refractivity contribution in [2.45, 2.75) is 10.6 Å². The number of rotatable bonds is 6. The molecule has 2 heterocycles. The molecule has 0 bridgehead atoms. The van der Waals surface area contributed by atoms with Crippen LogP contribution in [0, 0.1) is 10.1 Å². The van der Waals surface area contributed by atoms with Crippen LogP contribution in [-0.2, 0) is 16.4 Å². The highest BCUT2D eigenvalue weighted by Crippen LogP contribution is 2.36. The first-order valence-corrected chi connectivity index (χ1v) is 9.76. The van der Waals surface area contributed by atoms with Gasteiger partial charge in [0.15, 0.2) is 4.34 Å². The Morgan fingerprint density at radius 2 is 2.10 bits per heavy atom. The van der Waals surface area contributed by atoms with Crippen LogP contribution < -0.4 is 4.72 Å². The van der Waals surface area contributed by atoms with Gasteiger partial charge in [-0.2, -0.15) is 0 Å². The molecule has 114 valence electrons. The number of nitrogens with one attached hydrogen (secondary N) is 1. The van der Waals surface area contributed by atoms with Crippen molar-refractivity contribution in [2.75, 3.05) is 6.54 Å². The lowest BCUT2D eigenvalue weighted by molar-refractivity contribution is -0.384. The zero-order valence-electron chi connectivity index (χ0n) is 10.2. The van der Waals surface area contributed by atoms with Gasteiger partial charge < -0.3 is 0 Å². The summed E-state index contributed by atoms with van der Waals surface area (Å²) in [5, 5.41) is 10.7. The van der Waals surface area contributed by atoms with Gasteiger partial charge in [-0.3, -0.25) is 10.1 Å². The van der Waals surface area contributed by atoms with E-state index in [1.54, 1.807) is 0 Å². The number of nitrogens with zero attached hydrogens (tertiary/aromatic N) is 1. The Hall–Kier alpha value is -0.520. The summed E-state index contributed by atoms with van der Waals surface area (Å²) < 4.78 is 27.1. The second-order valence-electron chi connectivity index (χ2n) is 3.84. The average molecular weight is 432 g/mol. The van der Waals surface area contributed by atoms with Gasteiger partial charge in [-0.25, -0.2) is 13.1 Å². The molecule has 1 N–H and O–H groups in total. The maximum absolute atomic E-state index is 12.0. The minimum atomic E-state index is -3.79. The number of sulfonamides is 1. The molecule has 0 atom stereocenters. The van der Waals surface area contributed by atoms with Gasteiger partial charge in [-0.15, -0.1) is 22.7 Å². The third-order valence-corrected chi connectivity index (χ3v) is 7.36. The Morgan fingerprint density at radius 1 is 1.38 bits per heavy atom. The molecule has 0 aromatic carbocycles. The van der Waals surface area contributed by atoms with Crippen LogP contribution in [0.4, 0.5) is 5.69 Å². The fraction of sp³-hybridized carbons (Fsp3) is 0.200. The summed E-state index contributed by atoms with van der Waals surface area (Å²) >= 11 is 11.2. The van der Waals surface area contributed by atoms with Gasteiger partial charge in [-0.05, 0) is 34.5 Å². The lowest BCUT2D eigenvalue weighted by atomic mass is 10.3. The van der Waals surface area contributed by atoms with Crippen molar-refractivity contribution < 1.29 is 13.3 Å². The fourth-order valence-corrected chi connectivity index (χ4v) is 5.68. The SMILES string of the molecule is O=[N+]([O-])c1cc(S(=O)(=O)NCCc2ccc(Br)s2)sc1Cl. The minimum Gasteiger partial charge on any atom is -0.258 e. The van der Waals surface area contributed by atoms with E-state index in [-0.39, 0.29) is 15.1 Å². The first kappa shape index (κ1) is 16.8. The third kappa shape index (κ3) is 4.24. The third-order valence-electron chi connectivity index (χ3n) is 2.40. The van der Waals surface area contributed by atoms with Crippen LogP contribution in [0.2, 0.25) is 4.34 Å². The van der Waals surface area contributed by atoms with E-state index in [4.69, 9.17) is 11.6 Å². The first-order valence-electron chi connectivity index (χ1n) is 5.47. The van der Waals surface area contributed by atoms with Gasteiger partial charge in [0.25, 0.3) is 5.69 Å². The monoisotopic (exact) mass is 430 g/mol. The van der Waals surface area contributed by atoms with Gasteiger partial charge in [0.1, 0.15) is 4.21 Å². The van der Waals surface area contributed by atoms with Crippen LogP contribution in [0.15, 0.2) is 26.2 Å². The lowest BCUT2D eigenvalue weighted by Gasteiger charge is -2.02. The molecule has 0 aliphatic rings. The Kier molecular flexibility index (Phi) is 5.38. The van der Waals surface area contributed by atoms with E-state index in [2.05, 4.69) is 20.7 Å². The number of nitro groups is 1. The van der Waals surface area contributed by atoms with Crippen LogP contribution in [0.3, 0.4) is 0 Å². The molecule has 21 heavy (non-hydrogen) atoms. The minimum absolute atomic E-state index is 0.150. The summed E-state index contributed by atoms with van der Waals surface area (Å²) in [7, 11) is -3.79. The molecule has 0 amide bonds. The van der Waals surface area contributed by atoms with E-state index < -0.39 is 20.6 Å². The molecule has 0 spiro atoms. The zero-order chi connectivity index (χ0) is 15.6. The van der Waals surface area contributed by atoms with Gasteiger partial charge >= 0.3 is 0 Å². The maximum atomic E-state index is 12.0. The van der Waals surface area contributed by atoms with Crippen molar-refractivity contribution >= 4 is 65.9 Å². The lowest BCUT2D eigenvalue weighted by Crippen LogP contribution is -2.25. The number of halogens is 2. The molecular formula is C10H8BrClN2O4S3. The molecular weight excluding hydrogens is 424 g/mol. The largest absolute Gasteiger partial charge is 0.300 e. The Balaban J connectivity index is 2.04. The summed E-state index contributed by atoms with van der Waals surface area (Å²) in [4.78, 5) is 11.0. The number of hydrogen-bond donors (Lipinski definition) is 1. The summed E-state index contributed by atoms with van der Waals surface area (Å²) in [5.41, 5.74) is -0.399. The predicted molar refractivity (Wildman–Crippen MR) is 86.9 cm³/mol. The highest BCUT2D eigenvalue weighted by Gasteiger charge is 2.24. The second-order valence-corrected chi connectivity index (χ2v) is 10.0. The summed E-state index contributed by atoms with van der Waals surface area (Å²) in [6.07, 6.45) is 0.538. The fourth-order valence-electron chi connectivity index (χ4n) is 1.46. The van der Waals surface area contributed by atoms with Gasteiger partial charge in [-0.1, -0.05) is 11.6 Å². The summed E-state index contributed by atoms with van der Waals surface area (Å²) in [6.45, 7) is 0.207. The highest BCUT2D eigenvalue weighted by molar-refractivity contribution is 9.11. The Bertz CT molecular complexity index is 771. The molecule has 0 aliphatic carbocycles. The topological polar surface area (TPSA) is 89.3 Å². The summed E-state index contributed by atoms with van der Waals surface area (Å²) in [6, 6.07) is 4.75. The van der Waals surface area contributed by atoms with E-state index in [9.17, 15) is 18.5 Å². The van der Waals surface area contributed by atoms with Crippen LogP contribution >= 0.6 is 50.2 Å². The van der Waals surface area contributed by atoms with Crippen LogP contribution in [0.1, 0.15) is 4.88 Å². The van der Waals surface area contributed by atoms with E-state index in [0.717, 1.165) is 14.7 Å². The van der Waals surface area contributed by atoms with E-state index >= 15 is 0 Å². The number of hydrogen-bond acceptors (Lipinski definition) is 6. The molecule has 2 aromatic rings. The average Bonchev–Trinajstić information content (AvgIpc) is 2.96. The van der Waals surface area contributed by atoms with Crippen LogP contribution in [0.25, 0.3) is 0 Å². The Morgan fingerprint density at radius 3 is 2.62 bits per heavy atom. The normalized spacial score (nSPS) is 11.7. The van der Waals surface area contributed by atoms with E-state index in [1.807, 2.05) is 12.1 Å². The molecule has 2 rings (SSSR count). The summed E-state index contributed by atoms with van der Waals surface area (Å²) in [5.74, 6) is 0. The quantitative estimate of drug-likeness (QED) is 0.558. The van der Waals surface area contributed by atoms with E-state index in [1.165, 1.54) is 11.3 Å². The smallest absolute Gasteiger partial charge is 0.258 e. The van der Waals surface area contributed by atoms with Crippen molar-refractivity contribution in [2.24, 2.45) is 0 Å². The van der Waals surface area contributed by atoms with Gasteiger partial charge in [0.2, 0.25) is 10.0 Å². The predicted octanol–water partition coefficient (Wildman–Crippen LogP) is 3.65. The zero-order valence-corrected chi connectivity index (χ0v) is 15.0. The van der Waals surface area contributed by atoms with E-state index in [0.29, 0.717) is 17.8 Å². The highest BCUT2D eigenvalue weighted by atomic mass is 79.9. The second kappa shape index (κ2) is 6.71. The molecule has 2 aromatic heterocycles. The molecule has 0 saturated carbocycles. The molecule has 0 unspecified atom stereocenters. The standard InChI is InChI=1S/C10H8BrClN2O4S3/c11-8-2-1-6(19-8)3-4-13-21(17,18)9-5-7(14(15)16)10(12)20-9/h1-2,5,13H,3-4H2. The molecule has 0 aliphatic heterocycles. The number of thiophene rings is 2. The maximum Gasteiger partial charge on any atom is 0.300 e. The van der Waals surface area contributed by atoms with Crippen molar-refractivity contribution in [3.05, 3.63) is 41.3 Å². The van der Waals surface area contributed by atoms with Crippen molar-refractivity contribution in [1.82, 2.24) is 4.72 Å². The Labute approximate surface area is 142 Å². The molecule has 0 fully saturated rings. The molecule has 0 saturated heterocycles. The van der Waals surface area contributed by atoms with Crippen LogP contribution in [0.5, 0.6) is 0 Å². The van der Waals surface area contributed by atoms with Gasteiger partial charge in [0, 0.05) is 17.5 Å². The molecule has 6 nitrogen and oxygen atoms in total. The van der Waals surface area contributed by atoms with Crippen molar-refractivity contribution in [1.29, 1.82) is 0 Å². The molecule has 11 heteroatoms. The van der Waals surface area contributed by atoms with Crippen LogP contribution in [-0.4, -0.2) is 19.9 Å². The molecule has 0 radical (unpaired) electrons. The van der Waals surface area contributed by atoms with Crippen molar-refractivity contribution in [3.63, 3.8) is 0 Å². The van der Waals surface area contributed by atoms with Crippen molar-refractivity contribution in [3.8, 4) is 0 Å².